The smallest absolute Gasteiger partial charge is 0.258 e. The molecular formula is C9H10ClFN2O4S. The number of nitrogens with zero attached hydrogens (tertiary/aromatic N) is 2. The van der Waals surface area contributed by atoms with E-state index in [1.54, 1.807) is 0 Å². The van der Waals surface area contributed by atoms with Gasteiger partial charge in [-0.05, 0) is 6.07 Å². The number of benzene rings is 1. The average Bonchev–Trinajstić information content (AvgIpc) is 2.28. The Kier molecular flexibility index (Phi) is 4.60. The van der Waals surface area contributed by atoms with E-state index in [2.05, 4.69) is 0 Å². The molecule has 0 N–H and O–H groups in total. The first kappa shape index (κ1) is 14.8. The van der Waals surface area contributed by atoms with Crippen LogP contribution in [0.1, 0.15) is 0 Å². The second-order valence-corrected chi connectivity index (χ2v) is 5.78. The first-order chi connectivity index (χ1) is 8.30. The van der Waals surface area contributed by atoms with E-state index < -0.39 is 31.3 Å². The Labute approximate surface area is 108 Å². The van der Waals surface area contributed by atoms with Gasteiger partial charge in [0.25, 0.3) is 5.69 Å². The van der Waals surface area contributed by atoms with E-state index in [4.69, 9.17) is 11.6 Å². The molecule has 1 aromatic rings. The maximum Gasteiger partial charge on any atom is 0.272 e. The monoisotopic (exact) mass is 296 g/mol. The van der Waals surface area contributed by atoms with Crippen molar-refractivity contribution in [3.63, 3.8) is 0 Å². The Morgan fingerprint density at radius 1 is 1.50 bits per heavy atom. The van der Waals surface area contributed by atoms with Crippen molar-refractivity contribution < 1.29 is 17.7 Å². The second-order valence-electron chi connectivity index (χ2n) is 3.39. The van der Waals surface area contributed by atoms with Crippen molar-refractivity contribution in [2.24, 2.45) is 0 Å². The van der Waals surface area contributed by atoms with Gasteiger partial charge in [-0.1, -0.05) is 0 Å². The maximum absolute atomic E-state index is 13.6. The third kappa shape index (κ3) is 2.95. The molecule has 0 unspecified atom stereocenters. The van der Waals surface area contributed by atoms with Crippen LogP contribution in [0.4, 0.5) is 10.1 Å². The Morgan fingerprint density at radius 2 is 2.11 bits per heavy atom. The quantitative estimate of drug-likeness (QED) is 0.469. The number of hydrogen-bond donors (Lipinski definition) is 0. The zero-order chi connectivity index (χ0) is 13.9. The molecule has 1 rings (SSSR count). The summed E-state index contributed by atoms with van der Waals surface area (Å²) in [4.78, 5) is 9.00. The Bertz CT molecular complexity index is 564. The van der Waals surface area contributed by atoms with Gasteiger partial charge in [0.05, 0.1) is 11.0 Å². The van der Waals surface area contributed by atoms with E-state index in [1.807, 2.05) is 0 Å². The number of alkyl halides is 1. The topological polar surface area (TPSA) is 80.5 Å². The molecule has 0 aliphatic carbocycles. The number of rotatable bonds is 5. The van der Waals surface area contributed by atoms with Gasteiger partial charge in [0.1, 0.15) is 10.7 Å². The Morgan fingerprint density at radius 3 is 2.56 bits per heavy atom. The molecule has 0 heterocycles. The lowest BCUT2D eigenvalue weighted by molar-refractivity contribution is -0.385. The third-order valence-corrected chi connectivity index (χ3v) is 4.27. The summed E-state index contributed by atoms with van der Waals surface area (Å²) >= 11 is 5.41. The summed E-state index contributed by atoms with van der Waals surface area (Å²) in [5.74, 6) is -1.10. The van der Waals surface area contributed by atoms with Crippen LogP contribution in [0.5, 0.6) is 0 Å². The van der Waals surface area contributed by atoms with Crippen LogP contribution < -0.4 is 0 Å². The zero-order valence-electron chi connectivity index (χ0n) is 9.34. The van der Waals surface area contributed by atoms with Crippen LogP contribution in [-0.2, 0) is 10.0 Å². The number of hydrogen-bond acceptors (Lipinski definition) is 4. The molecule has 0 spiro atoms. The molecule has 0 bridgehead atoms. The number of nitro groups is 1. The van der Waals surface area contributed by atoms with Gasteiger partial charge in [-0.25, -0.2) is 12.8 Å². The minimum atomic E-state index is -4.02. The van der Waals surface area contributed by atoms with Crippen molar-refractivity contribution in [3.05, 3.63) is 34.1 Å². The van der Waals surface area contributed by atoms with Gasteiger partial charge in [-0.15, -0.1) is 11.6 Å². The predicted octanol–water partition coefficient (Wildman–Crippen LogP) is 1.59. The van der Waals surface area contributed by atoms with Crippen molar-refractivity contribution >= 4 is 27.3 Å². The number of sulfonamides is 1. The summed E-state index contributed by atoms with van der Waals surface area (Å²) < 4.78 is 38.2. The predicted molar refractivity (Wildman–Crippen MR) is 63.6 cm³/mol. The highest BCUT2D eigenvalue weighted by Crippen LogP contribution is 2.22. The van der Waals surface area contributed by atoms with E-state index in [0.717, 1.165) is 16.4 Å². The minimum Gasteiger partial charge on any atom is -0.258 e. The molecule has 18 heavy (non-hydrogen) atoms. The summed E-state index contributed by atoms with van der Waals surface area (Å²) in [7, 11) is -2.77. The highest BCUT2D eigenvalue weighted by Gasteiger charge is 2.25. The summed E-state index contributed by atoms with van der Waals surface area (Å²) in [5, 5.41) is 10.4. The van der Waals surface area contributed by atoms with Crippen LogP contribution in [0.3, 0.4) is 0 Å². The first-order valence-electron chi connectivity index (χ1n) is 4.77. The first-order valence-corrected chi connectivity index (χ1v) is 6.74. The third-order valence-electron chi connectivity index (χ3n) is 2.21. The molecule has 100 valence electrons. The number of nitro benzene ring substituents is 1. The Balaban J connectivity index is 3.22. The van der Waals surface area contributed by atoms with Crippen LogP contribution in [0.2, 0.25) is 0 Å². The highest BCUT2D eigenvalue weighted by atomic mass is 35.5. The summed E-state index contributed by atoms with van der Waals surface area (Å²) in [6.45, 7) is 0.0142. The van der Waals surface area contributed by atoms with Crippen molar-refractivity contribution in [1.82, 2.24) is 4.31 Å². The van der Waals surface area contributed by atoms with Gasteiger partial charge in [-0.2, -0.15) is 4.31 Å². The number of non-ortho nitro benzene ring substituents is 1. The largest absolute Gasteiger partial charge is 0.272 e. The molecule has 0 aliphatic rings. The van der Waals surface area contributed by atoms with Crippen LogP contribution >= 0.6 is 11.6 Å². The molecule has 9 heteroatoms. The van der Waals surface area contributed by atoms with Crippen LogP contribution in [0.15, 0.2) is 23.1 Å². The fourth-order valence-corrected chi connectivity index (χ4v) is 2.79. The van der Waals surface area contributed by atoms with Crippen molar-refractivity contribution in [2.75, 3.05) is 19.5 Å². The fourth-order valence-electron chi connectivity index (χ4n) is 1.22. The van der Waals surface area contributed by atoms with Gasteiger partial charge in [0.15, 0.2) is 0 Å². The second kappa shape index (κ2) is 5.59. The normalized spacial score (nSPS) is 11.8. The average molecular weight is 297 g/mol. The van der Waals surface area contributed by atoms with E-state index in [-0.39, 0.29) is 12.4 Å². The van der Waals surface area contributed by atoms with E-state index in [1.165, 1.54) is 7.05 Å². The van der Waals surface area contributed by atoms with Crippen molar-refractivity contribution in [2.45, 2.75) is 4.90 Å². The molecule has 0 radical (unpaired) electrons. The van der Waals surface area contributed by atoms with E-state index >= 15 is 0 Å². The number of halogens is 2. The van der Waals surface area contributed by atoms with Gasteiger partial charge in [0, 0.05) is 25.5 Å². The molecule has 6 nitrogen and oxygen atoms in total. The van der Waals surface area contributed by atoms with E-state index in [9.17, 15) is 22.9 Å². The summed E-state index contributed by atoms with van der Waals surface area (Å²) in [6.07, 6.45) is 0. The lowest BCUT2D eigenvalue weighted by Crippen LogP contribution is -2.29. The SMILES string of the molecule is CN(CCCl)S(=O)(=O)c1ccc([N+](=O)[O-])cc1F. The fraction of sp³-hybridized carbons (Fsp3) is 0.333. The van der Waals surface area contributed by atoms with Gasteiger partial charge in [0.2, 0.25) is 10.0 Å². The highest BCUT2D eigenvalue weighted by molar-refractivity contribution is 7.89. The van der Waals surface area contributed by atoms with E-state index in [0.29, 0.717) is 6.07 Å². The minimum absolute atomic E-state index is 0.0142. The summed E-state index contributed by atoms with van der Waals surface area (Å²) in [6, 6.07) is 2.37. The maximum atomic E-state index is 13.6. The molecule has 0 saturated carbocycles. The molecule has 0 aliphatic heterocycles. The zero-order valence-corrected chi connectivity index (χ0v) is 10.9. The standard InChI is InChI=1S/C9H10ClFN2O4S/c1-12(5-4-10)18(16,17)9-3-2-7(13(14)15)6-8(9)11/h2-3,6H,4-5H2,1H3. The van der Waals surface area contributed by atoms with Gasteiger partial charge in [-0.3, -0.25) is 10.1 Å². The van der Waals surface area contributed by atoms with Crippen molar-refractivity contribution in [1.29, 1.82) is 0 Å². The summed E-state index contributed by atoms with van der Waals surface area (Å²) in [5.41, 5.74) is -0.508. The lowest BCUT2D eigenvalue weighted by atomic mass is 10.3. The van der Waals surface area contributed by atoms with Gasteiger partial charge >= 0.3 is 0 Å². The molecular weight excluding hydrogens is 287 g/mol. The molecule has 1 aromatic carbocycles. The Hall–Kier alpha value is -1.25. The van der Waals surface area contributed by atoms with Crippen LogP contribution in [0, 0.1) is 15.9 Å². The van der Waals surface area contributed by atoms with Crippen LogP contribution in [0.25, 0.3) is 0 Å². The van der Waals surface area contributed by atoms with Crippen LogP contribution in [-0.4, -0.2) is 37.1 Å². The van der Waals surface area contributed by atoms with Crippen molar-refractivity contribution in [3.8, 4) is 0 Å². The van der Waals surface area contributed by atoms with Gasteiger partial charge < -0.3 is 0 Å². The molecule has 0 atom stereocenters. The molecule has 0 aromatic heterocycles. The molecule has 0 saturated heterocycles. The molecule has 0 amide bonds. The molecule has 0 fully saturated rings. The lowest BCUT2D eigenvalue weighted by Gasteiger charge is -2.15.